The zero-order valence-corrected chi connectivity index (χ0v) is 10.7. The van der Waals surface area contributed by atoms with Gasteiger partial charge in [0.2, 0.25) is 0 Å². The van der Waals surface area contributed by atoms with Crippen LogP contribution < -0.4 is 5.32 Å². The molecule has 21 heavy (non-hydrogen) atoms. The Balaban J connectivity index is 2.48. The zero-order chi connectivity index (χ0) is 15.4. The van der Waals surface area contributed by atoms with Crippen molar-refractivity contribution in [2.45, 2.75) is 12.5 Å². The minimum atomic E-state index is -1.13. The smallest absolute Gasteiger partial charge is 0.327 e. The van der Waals surface area contributed by atoms with Crippen molar-refractivity contribution in [2.75, 3.05) is 5.32 Å². The first-order chi connectivity index (χ1) is 10.0. The number of nitrogens with zero attached hydrogens (tertiary/aromatic N) is 3. The van der Waals surface area contributed by atoms with E-state index in [2.05, 4.69) is 21.2 Å². The molecule has 0 amide bonds. The number of carboxylic acids is 1. The molecule has 2 rings (SSSR count). The molecular formula is C13H10N4O4. The molecule has 0 saturated heterocycles. The number of anilines is 1. The van der Waals surface area contributed by atoms with Gasteiger partial charge in [0.15, 0.2) is 0 Å². The van der Waals surface area contributed by atoms with Crippen LogP contribution in [0, 0.1) is 22.5 Å². The molecule has 0 aliphatic rings. The summed E-state index contributed by atoms with van der Waals surface area (Å²) >= 11 is 0. The quantitative estimate of drug-likeness (QED) is 0.484. The molecule has 0 saturated carbocycles. The van der Waals surface area contributed by atoms with E-state index >= 15 is 0 Å². The van der Waals surface area contributed by atoms with Crippen LogP contribution in [-0.2, 0) is 4.79 Å². The molecule has 0 spiro atoms. The Morgan fingerprint density at radius 1 is 1.52 bits per heavy atom. The number of nitrogens with one attached hydrogen (secondary N) is 1. The van der Waals surface area contributed by atoms with E-state index in [4.69, 9.17) is 11.5 Å². The number of hydrogen-bond donors (Lipinski definition) is 2. The van der Waals surface area contributed by atoms with Crippen LogP contribution in [0.15, 0.2) is 24.5 Å². The van der Waals surface area contributed by atoms with Gasteiger partial charge in [-0.25, -0.2) is 14.8 Å². The largest absolute Gasteiger partial charge is 0.480 e. The fourth-order valence-corrected chi connectivity index (χ4v) is 1.76. The standard InChI is InChI=1S/C13H10N4O4/c1-2-3-11(13(18)19)16-12-9-6-8(17(20)21)4-5-10(9)14-7-15-12/h1,4-7,11H,3H2,(H,18,19)(H,14,15,16). The third kappa shape index (κ3) is 3.03. The molecule has 1 unspecified atom stereocenters. The average Bonchev–Trinajstić information content (AvgIpc) is 2.46. The summed E-state index contributed by atoms with van der Waals surface area (Å²) in [6.07, 6.45) is 6.32. The number of aliphatic carboxylic acids is 1. The third-order valence-electron chi connectivity index (χ3n) is 2.76. The first-order valence-corrected chi connectivity index (χ1v) is 5.85. The van der Waals surface area contributed by atoms with Gasteiger partial charge >= 0.3 is 5.97 Å². The summed E-state index contributed by atoms with van der Waals surface area (Å²) in [5.74, 6) is 1.30. The van der Waals surface area contributed by atoms with Gasteiger partial charge in [0, 0.05) is 23.9 Å². The van der Waals surface area contributed by atoms with Crippen molar-refractivity contribution in [3.63, 3.8) is 0 Å². The van der Waals surface area contributed by atoms with Gasteiger partial charge in [-0.2, -0.15) is 0 Å². The summed E-state index contributed by atoms with van der Waals surface area (Å²) in [6.45, 7) is 0. The number of carboxylic acid groups (broad SMARTS) is 1. The number of non-ortho nitro benzene ring substituents is 1. The Morgan fingerprint density at radius 2 is 2.29 bits per heavy atom. The Labute approximate surface area is 119 Å². The van der Waals surface area contributed by atoms with Crippen molar-refractivity contribution < 1.29 is 14.8 Å². The van der Waals surface area contributed by atoms with Gasteiger partial charge in [-0.3, -0.25) is 10.1 Å². The minimum Gasteiger partial charge on any atom is -0.480 e. The topological polar surface area (TPSA) is 118 Å². The highest BCUT2D eigenvalue weighted by atomic mass is 16.6. The molecule has 2 aromatic rings. The first kappa shape index (κ1) is 14.2. The molecule has 1 atom stereocenters. The molecule has 0 bridgehead atoms. The first-order valence-electron chi connectivity index (χ1n) is 5.85. The van der Waals surface area contributed by atoms with Crippen LogP contribution in [0.5, 0.6) is 0 Å². The number of nitro benzene ring substituents is 1. The second-order valence-electron chi connectivity index (χ2n) is 4.12. The van der Waals surface area contributed by atoms with Gasteiger partial charge in [0.25, 0.3) is 5.69 Å². The highest BCUT2D eigenvalue weighted by Gasteiger charge is 2.18. The lowest BCUT2D eigenvalue weighted by Gasteiger charge is -2.13. The van der Waals surface area contributed by atoms with Crippen LogP contribution in [0.1, 0.15) is 6.42 Å². The molecule has 2 N–H and O–H groups in total. The number of rotatable bonds is 5. The van der Waals surface area contributed by atoms with Crippen LogP contribution in [0.25, 0.3) is 10.9 Å². The maximum Gasteiger partial charge on any atom is 0.327 e. The number of hydrogen-bond acceptors (Lipinski definition) is 6. The maximum absolute atomic E-state index is 11.1. The van der Waals surface area contributed by atoms with Gasteiger partial charge in [-0.1, -0.05) is 0 Å². The lowest BCUT2D eigenvalue weighted by atomic mass is 10.1. The number of terminal acetylenes is 1. The number of aromatic nitrogens is 2. The molecule has 0 fully saturated rings. The normalized spacial score (nSPS) is 11.6. The van der Waals surface area contributed by atoms with Crippen LogP contribution >= 0.6 is 0 Å². The van der Waals surface area contributed by atoms with Crippen LogP contribution in [-0.4, -0.2) is 32.0 Å². The van der Waals surface area contributed by atoms with E-state index in [-0.39, 0.29) is 17.9 Å². The van der Waals surface area contributed by atoms with E-state index in [1.165, 1.54) is 24.5 Å². The Kier molecular flexibility index (Phi) is 3.95. The van der Waals surface area contributed by atoms with Crippen molar-refractivity contribution in [1.82, 2.24) is 9.97 Å². The van der Waals surface area contributed by atoms with Crippen LogP contribution in [0.4, 0.5) is 11.5 Å². The zero-order valence-electron chi connectivity index (χ0n) is 10.7. The second-order valence-corrected chi connectivity index (χ2v) is 4.12. The predicted molar refractivity (Wildman–Crippen MR) is 74.7 cm³/mol. The maximum atomic E-state index is 11.1. The average molecular weight is 286 g/mol. The number of benzene rings is 1. The highest BCUT2D eigenvalue weighted by molar-refractivity contribution is 5.92. The molecule has 1 aromatic heterocycles. The van der Waals surface area contributed by atoms with E-state index in [1.807, 2.05) is 0 Å². The molecule has 1 heterocycles. The van der Waals surface area contributed by atoms with Gasteiger partial charge in [-0.15, -0.1) is 12.3 Å². The van der Waals surface area contributed by atoms with Crippen LogP contribution in [0.2, 0.25) is 0 Å². The van der Waals surface area contributed by atoms with E-state index in [0.717, 1.165) is 0 Å². The lowest BCUT2D eigenvalue weighted by molar-refractivity contribution is -0.384. The fourth-order valence-electron chi connectivity index (χ4n) is 1.76. The van der Waals surface area contributed by atoms with Gasteiger partial charge in [0.05, 0.1) is 10.4 Å². The fraction of sp³-hybridized carbons (Fsp3) is 0.154. The van der Waals surface area contributed by atoms with Crippen molar-refractivity contribution >= 4 is 28.4 Å². The van der Waals surface area contributed by atoms with E-state index in [1.54, 1.807) is 0 Å². The lowest BCUT2D eigenvalue weighted by Crippen LogP contribution is -2.29. The van der Waals surface area contributed by atoms with Crippen molar-refractivity contribution in [1.29, 1.82) is 0 Å². The van der Waals surface area contributed by atoms with E-state index in [9.17, 15) is 14.9 Å². The van der Waals surface area contributed by atoms with Crippen molar-refractivity contribution in [2.24, 2.45) is 0 Å². The third-order valence-corrected chi connectivity index (χ3v) is 2.76. The summed E-state index contributed by atoms with van der Waals surface area (Å²) in [4.78, 5) is 29.3. The number of carbonyl (C=O) groups is 1. The monoisotopic (exact) mass is 286 g/mol. The van der Waals surface area contributed by atoms with Gasteiger partial charge < -0.3 is 10.4 Å². The molecule has 0 radical (unpaired) electrons. The van der Waals surface area contributed by atoms with E-state index < -0.39 is 16.9 Å². The van der Waals surface area contributed by atoms with Gasteiger partial charge in [0.1, 0.15) is 18.2 Å². The second kappa shape index (κ2) is 5.83. The Hall–Kier alpha value is -3.21. The molecule has 1 aromatic carbocycles. The van der Waals surface area contributed by atoms with Crippen LogP contribution in [0.3, 0.4) is 0 Å². The predicted octanol–water partition coefficient (Wildman–Crippen LogP) is 1.43. The van der Waals surface area contributed by atoms with Crippen molar-refractivity contribution in [3.05, 3.63) is 34.6 Å². The van der Waals surface area contributed by atoms with E-state index in [0.29, 0.717) is 10.9 Å². The Bertz CT molecular complexity index is 753. The molecular weight excluding hydrogens is 276 g/mol. The summed E-state index contributed by atoms with van der Waals surface area (Å²) in [6, 6.07) is 3.03. The number of fused-ring (bicyclic) bond motifs is 1. The van der Waals surface area contributed by atoms with Gasteiger partial charge in [-0.05, 0) is 6.07 Å². The highest BCUT2D eigenvalue weighted by Crippen LogP contribution is 2.24. The Morgan fingerprint density at radius 3 is 2.90 bits per heavy atom. The number of nitro groups is 1. The summed E-state index contributed by atoms with van der Waals surface area (Å²) in [5.41, 5.74) is 0.326. The summed E-state index contributed by atoms with van der Waals surface area (Å²) in [5, 5.41) is 22.9. The molecule has 8 heteroatoms. The molecule has 106 valence electrons. The summed E-state index contributed by atoms with van der Waals surface area (Å²) in [7, 11) is 0. The minimum absolute atomic E-state index is 0.0459. The molecule has 0 aliphatic heterocycles. The summed E-state index contributed by atoms with van der Waals surface area (Å²) < 4.78 is 0. The molecule has 0 aliphatic carbocycles. The SMILES string of the molecule is C#CCC(Nc1ncnc2ccc([N+](=O)[O-])cc12)C(=O)O. The molecule has 8 nitrogen and oxygen atoms in total. The van der Waals surface area contributed by atoms with Crippen molar-refractivity contribution in [3.8, 4) is 12.3 Å².